The van der Waals surface area contributed by atoms with Crippen molar-refractivity contribution >= 4 is 11.7 Å². The van der Waals surface area contributed by atoms with Crippen molar-refractivity contribution in [2.45, 2.75) is 96.8 Å². The summed E-state index contributed by atoms with van der Waals surface area (Å²) in [4.78, 5) is 11.9. The van der Waals surface area contributed by atoms with Crippen LogP contribution in [-0.4, -0.2) is 17.7 Å². The Morgan fingerprint density at radius 2 is 1.33 bits per heavy atom. The van der Waals surface area contributed by atoms with Gasteiger partial charge in [0.1, 0.15) is 11.3 Å². The second kappa shape index (κ2) is 15.4. The van der Waals surface area contributed by atoms with Crippen molar-refractivity contribution in [3.8, 4) is 5.75 Å². The van der Waals surface area contributed by atoms with Crippen LogP contribution < -0.4 is 5.73 Å². The Hall–Kier alpha value is -1.71. The largest absolute Gasteiger partial charge is 0.507 e. The summed E-state index contributed by atoms with van der Waals surface area (Å²) < 4.78 is 5.22. The molecule has 0 aliphatic rings. The van der Waals surface area contributed by atoms with Crippen molar-refractivity contribution in [1.82, 2.24) is 0 Å². The lowest BCUT2D eigenvalue weighted by molar-refractivity contribution is 0.0494. The molecule has 0 unspecified atom stereocenters. The van der Waals surface area contributed by atoms with E-state index in [0.29, 0.717) is 12.3 Å². The van der Waals surface area contributed by atoms with E-state index in [1.165, 1.54) is 89.2 Å². The highest BCUT2D eigenvalue weighted by Crippen LogP contribution is 2.20. The van der Waals surface area contributed by atoms with Crippen LogP contribution >= 0.6 is 0 Å². The fourth-order valence-electron chi connectivity index (χ4n) is 3.26. The normalized spacial score (nSPS) is 10.9. The Morgan fingerprint density at radius 3 is 1.85 bits per heavy atom. The average Bonchev–Trinajstić information content (AvgIpc) is 2.66. The van der Waals surface area contributed by atoms with E-state index in [1.807, 2.05) is 0 Å². The minimum Gasteiger partial charge on any atom is -0.507 e. The van der Waals surface area contributed by atoms with Crippen LogP contribution in [0.15, 0.2) is 18.2 Å². The van der Waals surface area contributed by atoms with Gasteiger partial charge in [0.05, 0.1) is 6.61 Å². The third-order valence-corrected chi connectivity index (χ3v) is 4.97. The van der Waals surface area contributed by atoms with Crippen molar-refractivity contribution in [1.29, 1.82) is 0 Å². The van der Waals surface area contributed by atoms with Gasteiger partial charge in [0.25, 0.3) is 0 Å². The molecule has 0 bridgehead atoms. The van der Waals surface area contributed by atoms with Crippen LogP contribution in [0.2, 0.25) is 0 Å². The van der Waals surface area contributed by atoms with E-state index in [4.69, 9.17) is 10.5 Å². The van der Waals surface area contributed by atoms with Gasteiger partial charge >= 0.3 is 5.97 Å². The number of hydrogen-bond acceptors (Lipinski definition) is 4. The zero-order valence-electron chi connectivity index (χ0n) is 17.2. The molecule has 0 saturated carbocycles. The molecule has 0 aliphatic heterocycles. The number of nitrogens with two attached hydrogens (primary N) is 1. The molecule has 4 heteroatoms. The number of rotatable bonds is 16. The summed E-state index contributed by atoms with van der Waals surface area (Å²) in [6, 6.07) is 4.42. The first-order valence-corrected chi connectivity index (χ1v) is 10.9. The predicted molar refractivity (Wildman–Crippen MR) is 113 cm³/mol. The number of carbonyl (C=O) groups is 1. The summed E-state index contributed by atoms with van der Waals surface area (Å²) in [5, 5.41) is 9.67. The van der Waals surface area contributed by atoms with E-state index < -0.39 is 5.97 Å². The zero-order chi connectivity index (χ0) is 19.7. The van der Waals surface area contributed by atoms with Crippen LogP contribution in [0.25, 0.3) is 0 Å². The van der Waals surface area contributed by atoms with Crippen LogP contribution in [0.1, 0.15) is 107 Å². The number of esters is 1. The maximum absolute atomic E-state index is 11.9. The first-order chi connectivity index (χ1) is 13.1. The number of nitrogen functional groups attached to an aromatic ring is 1. The van der Waals surface area contributed by atoms with Crippen molar-refractivity contribution in [3.05, 3.63) is 23.8 Å². The average molecular weight is 378 g/mol. The van der Waals surface area contributed by atoms with Gasteiger partial charge < -0.3 is 15.6 Å². The molecule has 3 N–H and O–H groups in total. The van der Waals surface area contributed by atoms with Gasteiger partial charge in [-0.05, 0) is 24.6 Å². The van der Waals surface area contributed by atoms with Crippen LogP contribution in [0.5, 0.6) is 5.75 Å². The number of aromatic hydroxyl groups is 1. The molecular weight excluding hydrogens is 338 g/mol. The number of carbonyl (C=O) groups excluding carboxylic acids is 1. The van der Waals surface area contributed by atoms with Crippen LogP contribution in [0.3, 0.4) is 0 Å². The van der Waals surface area contributed by atoms with Gasteiger partial charge in [-0.2, -0.15) is 0 Å². The third-order valence-electron chi connectivity index (χ3n) is 4.97. The number of hydrogen-bond donors (Lipinski definition) is 2. The molecule has 0 amide bonds. The molecular formula is C23H39NO3. The monoisotopic (exact) mass is 377 g/mol. The summed E-state index contributed by atoms with van der Waals surface area (Å²) >= 11 is 0. The summed E-state index contributed by atoms with van der Waals surface area (Å²) in [5.74, 6) is -0.593. The van der Waals surface area contributed by atoms with Crippen LogP contribution in [0.4, 0.5) is 5.69 Å². The van der Waals surface area contributed by atoms with Gasteiger partial charge in [0, 0.05) is 5.69 Å². The zero-order valence-corrected chi connectivity index (χ0v) is 17.2. The predicted octanol–water partition coefficient (Wildman–Crippen LogP) is 6.61. The standard InChI is InChI=1S/C23H39NO3/c1-2-3-4-5-6-7-8-9-10-11-12-13-14-15-18-27-23(26)21-19-20(24)16-17-22(21)25/h16-17,19,25H,2-15,18,24H2,1H3. The van der Waals surface area contributed by atoms with Crippen LogP contribution in [0, 0.1) is 0 Å². The second-order valence-corrected chi connectivity index (χ2v) is 7.51. The van der Waals surface area contributed by atoms with Gasteiger partial charge in [-0.25, -0.2) is 4.79 Å². The van der Waals surface area contributed by atoms with Gasteiger partial charge in [0.15, 0.2) is 0 Å². The number of phenols is 1. The van der Waals surface area contributed by atoms with Gasteiger partial charge in [-0.1, -0.05) is 90.4 Å². The number of benzene rings is 1. The van der Waals surface area contributed by atoms with Crippen LogP contribution in [-0.2, 0) is 4.74 Å². The van der Waals surface area contributed by atoms with E-state index >= 15 is 0 Å². The fourth-order valence-corrected chi connectivity index (χ4v) is 3.26. The molecule has 0 aromatic heterocycles. The molecule has 0 atom stereocenters. The minimum absolute atomic E-state index is 0.0878. The molecule has 0 fully saturated rings. The molecule has 0 spiro atoms. The van der Waals surface area contributed by atoms with E-state index in [1.54, 1.807) is 6.07 Å². The number of anilines is 1. The minimum atomic E-state index is -0.505. The first-order valence-electron chi connectivity index (χ1n) is 10.9. The Kier molecular flexibility index (Phi) is 13.3. The van der Waals surface area contributed by atoms with Crippen molar-refractivity contribution in [3.63, 3.8) is 0 Å². The number of unbranched alkanes of at least 4 members (excludes halogenated alkanes) is 13. The van der Waals surface area contributed by atoms with E-state index in [9.17, 15) is 9.90 Å². The highest BCUT2D eigenvalue weighted by molar-refractivity contribution is 5.93. The molecule has 1 rings (SSSR count). The summed E-state index contributed by atoms with van der Waals surface area (Å²) in [6.45, 7) is 2.66. The smallest absolute Gasteiger partial charge is 0.341 e. The lowest BCUT2D eigenvalue weighted by Crippen LogP contribution is -2.07. The Balaban J connectivity index is 1.89. The van der Waals surface area contributed by atoms with Crippen molar-refractivity contribution < 1.29 is 14.6 Å². The van der Waals surface area contributed by atoms with Gasteiger partial charge in [0.2, 0.25) is 0 Å². The lowest BCUT2D eigenvalue weighted by Gasteiger charge is -2.07. The van der Waals surface area contributed by atoms with E-state index in [0.717, 1.165) is 12.8 Å². The number of phenolic OH excluding ortho intramolecular Hbond substituents is 1. The molecule has 1 aromatic carbocycles. The molecule has 0 radical (unpaired) electrons. The van der Waals surface area contributed by atoms with Gasteiger partial charge in [-0.3, -0.25) is 0 Å². The Labute approximate surface area is 165 Å². The van der Waals surface area contributed by atoms with E-state index in [-0.39, 0.29) is 11.3 Å². The second-order valence-electron chi connectivity index (χ2n) is 7.51. The van der Waals surface area contributed by atoms with E-state index in [2.05, 4.69) is 6.92 Å². The first kappa shape index (κ1) is 23.3. The van der Waals surface area contributed by atoms with Crippen molar-refractivity contribution in [2.24, 2.45) is 0 Å². The highest BCUT2D eigenvalue weighted by atomic mass is 16.5. The molecule has 0 aliphatic carbocycles. The fraction of sp³-hybridized carbons (Fsp3) is 0.696. The topological polar surface area (TPSA) is 72.5 Å². The SMILES string of the molecule is CCCCCCCCCCCCCCCCOC(=O)c1cc(N)ccc1O. The number of ether oxygens (including phenoxy) is 1. The molecule has 27 heavy (non-hydrogen) atoms. The quantitative estimate of drug-likeness (QED) is 0.147. The van der Waals surface area contributed by atoms with Gasteiger partial charge in [-0.15, -0.1) is 0 Å². The Morgan fingerprint density at radius 1 is 0.852 bits per heavy atom. The Bertz CT molecular complexity index is 516. The molecule has 0 heterocycles. The molecule has 1 aromatic rings. The summed E-state index contributed by atoms with van der Waals surface area (Å²) in [7, 11) is 0. The molecule has 0 saturated heterocycles. The maximum Gasteiger partial charge on any atom is 0.341 e. The summed E-state index contributed by atoms with van der Waals surface area (Å²) in [5.41, 5.74) is 6.21. The molecule has 154 valence electrons. The molecule has 4 nitrogen and oxygen atoms in total. The maximum atomic E-state index is 11.9. The third kappa shape index (κ3) is 11.6. The van der Waals surface area contributed by atoms with Crippen molar-refractivity contribution in [2.75, 3.05) is 12.3 Å². The highest BCUT2D eigenvalue weighted by Gasteiger charge is 2.12. The lowest BCUT2D eigenvalue weighted by atomic mass is 10.0. The summed E-state index contributed by atoms with van der Waals surface area (Å²) in [6.07, 6.45) is 18.2.